The average Bonchev–Trinajstić information content (AvgIpc) is 2.89. The Morgan fingerprint density at radius 1 is 1.35 bits per heavy atom. The van der Waals surface area contributed by atoms with Crippen LogP contribution in [0.3, 0.4) is 0 Å². The summed E-state index contributed by atoms with van der Waals surface area (Å²) in [5, 5.41) is 3.16. The largest absolute Gasteiger partial charge is 0.374 e. The summed E-state index contributed by atoms with van der Waals surface area (Å²) < 4.78 is 5.75. The minimum Gasteiger partial charge on any atom is -0.374 e. The number of rotatable bonds is 6. The summed E-state index contributed by atoms with van der Waals surface area (Å²) in [4.78, 5) is 16.4. The van der Waals surface area contributed by atoms with Crippen molar-refractivity contribution in [1.29, 1.82) is 0 Å². The Labute approximate surface area is 122 Å². The topological polar surface area (TPSA) is 44.8 Å². The van der Waals surface area contributed by atoms with E-state index in [0.717, 1.165) is 45.6 Å². The highest BCUT2D eigenvalue weighted by atomic mass is 16.5. The number of nitrogens with one attached hydrogen (secondary N) is 1. The van der Waals surface area contributed by atoms with Gasteiger partial charge in [0.25, 0.3) is 0 Å². The first-order chi connectivity index (χ1) is 9.63. The third-order valence-corrected chi connectivity index (χ3v) is 4.17. The van der Waals surface area contributed by atoms with E-state index in [2.05, 4.69) is 29.2 Å². The SMILES string of the molecule is CN(C)C[C@@H]1CN(CCC(=O)NC2CCCC2)CCO1. The van der Waals surface area contributed by atoms with Gasteiger partial charge in [0, 0.05) is 38.6 Å². The van der Waals surface area contributed by atoms with E-state index >= 15 is 0 Å². The maximum atomic E-state index is 11.9. The van der Waals surface area contributed by atoms with Gasteiger partial charge in [0.2, 0.25) is 5.91 Å². The standard InChI is InChI=1S/C15H29N3O2/c1-17(2)11-14-12-18(9-10-20-14)8-7-15(19)16-13-5-3-4-6-13/h13-14H,3-12H2,1-2H3,(H,16,19)/t14-/m1/s1. The molecule has 1 saturated carbocycles. The second-order valence-electron chi connectivity index (χ2n) is 6.35. The average molecular weight is 283 g/mol. The molecule has 1 atom stereocenters. The van der Waals surface area contributed by atoms with Crippen molar-refractivity contribution in [2.45, 2.75) is 44.2 Å². The van der Waals surface area contributed by atoms with Gasteiger partial charge in [-0.3, -0.25) is 9.69 Å². The Hall–Kier alpha value is -0.650. The molecule has 20 heavy (non-hydrogen) atoms. The van der Waals surface area contributed by atoms with Crippen LogP contribution < -0.4 is 5.32 Å². The number of carbonyl (C=O) groups is 1. The summed E-state index contributed by atoms with van der Waals surface area (Å²) in [7, 11) is 4.13. The zero-order valence-electron chi connectivity index (χ0n) is 12.9. The molecule has 2 aliphatic rings. The Balaban J connectivity index is 1.63. The van der Waals surface area contributed by atoms with Crippen LogP contribution >= 0.6 is 0 Å². The molecule has 116 valence electrons. The predicted octanol–water partition coefficient (Wildman–Crippen LogP) is 0.698. The highest BCUT2D eigenvalue weighted by molar-refractivity contribution is 5.76. The van der Waals surface area contributed by atoms with Crippen molar-refractivity contribution in [2.75, 3.05) is 46.9 Å². The highest BCUT2D eigenvalue weighted by Crippen LogP contribution is 2.17. The van der Waals surface area contributed by atoms with Gasteiger partial charge >= 0.3 is 0 Å². The lowest BCUT2D eigenvalue weighted by Gasteiger charge is -2.34. The maximum absolute atomic E-state index is 11.9. The van der Waals surface area contributed by atoms with Crippen LogP contribution in [-0.2, 0) is 9.53 Å². The van der Waals surface area contributed by atoms with E-state index in [-0.39, 0.29) is 12.0 Å². The van der Waals surface area contributed by atoms with Gasteiger partial charge in [-0.15, -0.1) is 0 Å². The predicted molar refractivity (Wildman–Crippen MR) is 79.7 cm³/mol. The first-order valence-corrected chi connectivity index (χ1v) is 7.91. The second kappa shape index (κ2) is 7.96. The Morgan fingerprint density at radius 2 is 2.10 bits per heavy atom. The lowest BCUT2D eigenvalue weighted by molar-refractivity contribution is -0.122. The Kier molecular flexibility index (Phi) is 6.26. The fourth-order valence-electron chi connectivity index (χ4n) is 3.13. The van der Waals surface area contributed by atoms with E-state index in [0.29, 0.717) is 12.5 Å². The van der Waals surface area contributed by atoms with Gasteiger partial charge in [0.05, 0.1) is 12.7 Å². The smallest absolute Gasteiger partial charge is 0.221 e. The van der Waals surface area contributed by atoms with Crippen LogP contribution in [0, 0.1) is 0 Å². The molecule has 1 amide bonds. The van der Waals surface area contributed by atoms with Gasteiger partial charge in [-0.1, -0.05) is 12.8 Å². The Morgan fingerprint density at radius 3 is 2.80 bits per heavy atom. The lowest BCUT2D eigenvalue weighted by Crippen LogP contribution is -2.47. The fraction of sp³-hybridized carbons (Fsp3) is 0.933. The van der Waals surface area contributed by atoms with E-state index in [9.17, 15) is 4.79 Å². The molecular weight excluding hydrogens is 254 g/mol. The van der Waals surface area contributed by atoms with Gasteiger partial charge in [0.15, 0.2) is 0 Å². The maximum Gasteiger partial charge on any atom is 0.221 e. The summed E-state index contributed by atoms with van der Waals surface area (Å²) in [6.07, 6.45) is 5.74. The molecular formula is C15H29N3O2. The summed E-state index contributed by atoms with van der Waals surface area (Å²) >= 11 is 0. The number of amides is 1. The molecule has 0 aromatic carbocycles. The lowest BCUT2D eigenvalue weighted by atomic mass is 10.2. The molecule has 1 aliphatic heterocycles. The van der Waals surface area contributed by atoms with Crippen LogP contribution in [-0.4, -0.2) is 74.7 Å². The monoisotopic (exact) mass is 283 g/mol. The quantitative estimate of drug-likeness (QED) is 0.779. The number of ether oxygens (including phenoxy) is 1. The third kappa shape index (κ3) is 5.38. The molecule has 0 spiro atoms. The molecule has 0 unspecified atom stereocenters. The molecule has 0 radical (unpaired) electrons. The molecule has 0 aromatic heterocycles. The molecule has 1 N–H and O–H groups in total. The van der Waals surface area contributed by atoms with Crippen molar-refractivity contribution < 1.29 is 9.53 Å². The van der Waals surface area contributed by atoms with Crippen LogP contribution in [0.1, 0.15) is 32.1 Å². The zero-order valence-corrected chi connectivity index (χ0v) is 12.9. The molecule has 5 nitrogen and oxygen atoms in total. The summed E-state index contributed by atoms with van der Waals surface area (Å²) in [5.74, 6) is 0.215. The van der Waals surface area contributed by atoms with Crippen molar-refractivity contribution in [3.05, 3.63) is 0 Å². The van der Waals surface area contributed by atoms with Crippen LogP contribution in [0.25, 0.3) is 0 Å². The molecule has 0 aromatic rings. The molecule has 0 bridgehead atoms. The first kappa shape index (κ1) is 15.7. The van der Waals surface area contributed by atoms with Crippen LogP contribution in [0.4, 0.5) is 0 Å². The first-order valence-electron chi connectivity index (χ1n) is 7.91. The van der Waals surface area contributed by atoms with Crippen molar-refractivity contribution in [2.24, 2.45) is 0 Å². The minimum atomic E-state index is 0.215. The van der Waals surface area contributed by atoms with Crippen molar-refractivity contribution in [1.82, 2.24) is 15.1 Å². The zero-order chi connectivity index (χ0) is 14.4. The molecule has 1 saturated heterocycles. The van der Waals surface area contributed by atoms with Crippen LogP contribution in [0.15, 0.2) is 0 Å². The van der Waals surface area contributed by atoms with Gasteiger partial charge in [0.1, 0.15) is 0 Å². The normalized spacial score (nSPS) is 25.2. The van der Waals surface area contributed by atoms with E-state index < -0.39 is 0 Å². The molecule has 2 rings (SSSR count). The number of likely N-dealkylation sites (N-methyl/N-ethyl adjacent to an activating group) is 1. The molecule has 1 heterocycles. The highest BCUT2D eigenvalue weighted by Gasteiger charge is 2.22. The number of hydrogen-bond acceptors (Lipinski definition) is 4. The fourth-order valence-corrected chi connectivity index (χ4v) is 3.13. The van der Waals surface area contributed by atoms with Gasteiger partial charge in [-0.2, -0.15) is 0 Å². The number of nitrogens with zero attached hydrogens (tertiary/aromatic N) is 2. The molecule has 5 heteroatoms. The molecule has 2 fully saturated rings. The second-order valence-corrected chi connectivity index (χ2v) is 6.35. The number of hydrogen-bond donors (Lipinski definition) is 1. The van der Waals surface area contributed by atoms with Crippen LogP contribution in [0.2, 0.25) is 0 Å². The van der Waals surface area contributed by atoms with Crippen molar-refractivity contribution in [3.8, 4) is 0 Å². The van der Waals surface area contributed by atoms with E-state index in [1.165, 1.54) is 12.8 Å². The van der Waals surface area contributed by atoms with E-state index in [1.807, 2.05) is 0 Å². The Bertz CT molecular complexity index is 303. The van der Waals surface area contributed by atoms with Crippen molar-refractivity contribution in [3.63, 3.8) is 0 Å². The molecule has 1 aliphatic carbocycles. The van der Waals surface area contributed by atoms with Gasteiger partial charge < -0.3 is 15.0 Å². The number of morpholine rings is 1. The summed E-state index contributed by atoms with van der Waals surface area (Å²) in [6.45, 7) is 4.47. The summed E-state index contributed by atoms with van der Waals surface area (Å²) in [5.41, 5.74) is 0. The number of carbonyl (C=O) groups excluding carboxylic acids is 1. The van der Waals surface area contributed by atoms with Gasteiger partial charge in [-0.05, 0) is 26.9 Å². The third-order valence-electron chi connectivity index (χ3n) is 4.17. The minimum absolute atomic E-state index is 0.215. The van der Waals surface area contributed by atoms with Crippen molar-refractivity contribution >= 4 is 5.91 Å². The van der Waals surface area contributed by atoms with Crippen LogP contribution in [0.5, 0.6) is 0 Å². The van der Waals surface area contributed by atoms with Gasteiger partial charge in [-0.25, -0.2) is 0 Å². The summed E-state index contributed by atoms with van der Waals surface area (Å²) in [6, 6.07) is 0.439. The van der Waals surface area contributed by atoms with E-state index in [4.69, 9.17) is 4.74 Å². The van der Waals surface area contributed by atoms with E-state index in [1.54, 1.807) is 0 Å².